The van der Waals surface area contributed by atoms with Gasteiger partial charge in [-0.05, 0) is 72.9 Å². The van der Waals surface area contributed by atoms with Crippen LogP contribution in [0.25, 0.3) is 44.6 Å². The maximum absolute atomic E-state index is 14.6. The molecule has 3 N–H and O–H groups in total. The van der Waals surface area contributed by atoms with Crippen LogP contribution < -0.4 is 10.6 Å². The van der Waals surface area contributed by atoms with E-state index in [1.165, 1.54) is 24.5 Å². The molecular formula is C31H32FN7. The van der Waals surface area contributed by atoms with Crippen molar-refractivity contribution in [2.75, 3.05) is 25.0 Å². The Labute approximate surface area is 226 Å². The van der Waals surface area contributed by atoms with Gasteiger partial charge < -0.3 is 15.6 Å². The molecule has 7 nitrogen and oxygen atoms in total. The zero-order valence-corrected chi connectivity index (χ0v) is 22.3. The molecule has 7 rings (SSSR count). The molecular weight excluding hydrogens is 489 g/mol. The summed E-state index contributed by atoms with van der Waals surface area (Å²) in [5.41, 5.74) is 4.97. The van der Waals surface area contributed by atoms with E-state index in [9.17, 15) is 4.39 Å². The summed E-state index contributed by atoms with van der Waals surface area (Å²) in [6.07, 6.45) is 9.05. The Morgan fingerprint density at radius 1 is 1.05 bits per heavy atom. The van der Waals surface area contributed by atoms with Crippen LogP contribution in [0.3, 0.4) is 0 Å². The molecule has 0 amide bonds. The number of hydrogen-bond acceptors (Lipinski definition) is 6. The first kappa shape index (κ1) is 24.2. The van der Waals surface area contributed by atoms with E-state index in [2.05, 4.69) is 39.4 Å². The fraction of sp³-hybridized carbons (Fsp3) is 0.355. The molecule has 0 radical (unpaired) electrons. The lowest BCUT2D eigenvalue weighted by atomic mass is 9.74. The van der Waals surface area contributed by atoms with Crippen molar-refractivity contribution in [3.8, 4) is 22.6 Å². The van der Waals surface area contributed by atoms with Crippen molar-refractivity contribution >= 4 is 27.8 Å². The molecule has 1 aliphatic heterocycles. The minimum atomic E-state index is -0.279. The minimum absolute atomic E-state index is 0.198. The van der Waals surface area contributed by atoms with Crippen molar-refractivity contribution < 1.29 is 4.39 Å². The van der Waals surface area contributed by atoms with E-state index in [-0.39, 0.29) is 11.2 Å². The summed E-state index contributed by atoms with van der Waals surface area (Å²) in [5, 5.41) is 9.22. The van der Waals surface area contributed by atoms with Gasteiger partial charge in [0.25, 0.3) is 0 Å². The minimum Gasteiger partial charge on any atom is -0.369 e. The Morgan fingerprint density at radius 3 is 2.74 bits per heavy atom. The number of rotatable bonds is 6. The normalized spacial score (nSPS) is 19.0. The monoisotopic (exact) mass is 521 g/mol. The Balaban J connectivity index is 1.34. The van der Waals surface area contributed by atoms with Gasteiger partial charge in [0.15, 0.2) is 5.82 Å². The van der Waals surface area contributed by atoms with Gasteiger partial charge in [-0.1, -0.05) is 26.0 Å². The van der Waals surface area contributed by atoms with Crippen molar-refractivity contribution in [3.63, 3.8) is 0 Å². The third-order valence-corrected chi connectivity index (χ3v) is 8.46. The molecule has 5 aromatic rings. The van der Waals surface area contributed by atoms with E-state index >= 15 is 0 Å². The molecule has 8 heteroatoms. The van der Waals surface area contributed by atoms with E-state index in [0.29, 0.717) is 34.6 Å². The fourth-order valence-electron chi connectivity index (χ4n) is 5.93. The quantitative estimate of drug-likeness (QED) is 0.243. The number of nitrogens with one attached hydrogen (secondary N) is 3. The Hall–Kier alpha value is -3.91. The maximum atomic E-state index is 14.6. The molecule has 4 aromatic heterocycles. The predicted octanol–water partition coefficient (Wildman–Crippen LogP) is 6.30. The molecule has 1 aromatic carbocycles. The van der Waals surface area contributed by atoms with Gasteiger partial charge in [0, 0.05) is 47.4 Å². The third-order valence-electron chi connectivity index (χ3n) is 8.46. The molecule has 2 fully saturated rings. The molecule has 198 valence electrons. The second-order valence-corrected chi connectivity index (χ2v) is 11.6. The highest BCUT2D eigenvalue weighted by atomic mass is 19.1. The van der Waals surface area contributed by atoms with Crippen molar-refractivity contribution in [3.05, 3.63) is 66.4 Å². The van der Waals surface area contributed by atoms with Gasteiger partial charge in [-0.2, -0.15) is 0 Å². The standard InChI is InChI=1S/C31H32FN7/c1-31(2)17-33-11-9-19(31)14-36-30-27-23(18-7-8-18)15-34-16-26(27)38-29(39-30)20-10-12-35-28-22(20)13-25(37-28)21-5-3-4-6-24(21)32/h3-6,10,12-13,15-16,18-19,33H,7-9,11,14,17H2,1-2H3,(H,35,37)(H,36,38,39). The molecule has 1 atom stereocenters. The van der Waals surface area contributed by atoms with Crippen molar-refractivity contribution in [2.45, 2.75) is 39.0 Å². The Kier molecular flexibility index (Phi) is 5.81. The number of H-pyrrole nitrogens is 1. The first-order valence-corrected chi connectivity index (χ1v) is 13.8. The summed E-state index contributed by atoms with van der Waals surface area (Å²) >= 11 is 0. The molecule has 39 heavy (non-hydrogen) atoms. The summed E-state index contributed by atoms with van der Waals surface area (Å²) in [5.74, 6) is 2.24. The van der Waals surface area contributed by atoms with Gasteiger partial charge in [0.1, 0.15) is 17.3 Å². The number of pyridine rings is 2. The fourth-order valence-corrected chi connectivity index (χ4v) is 5.93. The van der Waals surface area contributed by atoms with E-state index in [1.54, 1.807) is 18.3 Å². The Bertz CT molecular complexity index is 1690. The van der Waals surface area contributed by atoms with Crippen LogP contribution in [-0.2, 0) is 0 Å². The lowest BCUT2D eigenvalue weighted by molar-refractivity contribution is 0.166. The summed E-state index contributed by atoms with van der Waals surface area (Å²) in [7, 11) is 0. The predicted molar refractivity (Wildman–Crippen MR) is 153 cm³/mol. The highest BCUT2D eigenvalue weighted by molar-refractivity contribution is 5.98. The first-order valence-electron chi connectivity index (χ1n) is 13.8. The zero-order valence-electron chi connectivity index (χ0n) is 22.3. The van der Waals surface area contributed by atoms with E-state index in [4.69, 9.17) is 9.97 Å². The summed E-state index contributed by atoms with van der Waals surface area (Å²) in [6, 6.07) is 10.6. The van der Waals surface area contributed by atoms with E-state index in [1.807, 2.05) is 30.6 Å². The van der Waals surface area contributed by atoms with Gasteiger partial charge in [-0.15, -0.1) is 0 Å². The van der Waals surface area contributed by atoms with Gasteiger partial charge in [-0.3, -0.25) is 4.98 Å². The molecule has 0 spiro atoms. The smallest absolute Gasteiger partial charge is 0.163 e. The van der Waals surface area contributed by atoms with Crippen molar-refractivity contribution in [2.24, 2.45) is 11.3 Å². The summed E-state index contributed by atoms with van der Waals surface area (Å²) < 4.78 is 14.6. The van der Waals surface area contributed by atoms with Gasteiger partial charge >= 0.3 is 0 Å². The van der Waals surface area contributed by atoms with Crippen LogP contribution in [0.2, 0.25) is 0 Å². The average molecular weight is 522 g/mol. The van der Waals surface area contributed by atoms with Crippen LogP contribution in [0, 0.1) is 17.2 Å². The number of halogens is 1. The van der Waals surface area contributed by atoms with Crippen LogP contribution in [0.5, 0.6) is 0 Å². The lowest BCUT2D eigenvalue weighted by Crippen LogP contribution is -2.45. The second-order valence-electron chi connectivity index (χ2n) is 11.6. The highest BCUT2D eigenvalue weighted by Crippen LogP contribution is 2.44. The summed E-state index contributed by atoms with van der Waals surface area (Å²) in [4.78, 5) is 22.5. The number of nitrogens with zero attached hydrogens (tertiary/aromatic N) is 4. The molecule has 1 unspecified atom stereocenters. The second kappa shape index (κ2) is 9.38. The number of anilines is 1. The van der Waals surface area contributed by atoms with Crippen molar-refractivity contribution in [1.29, 1.82) is 0 Å². The molecule has 2 aliphatic rings. The molecule has 0 bridgehead atoms. The van der Waals surface area contributed by atoms with Crippen LogP contribution in [0.1, 0.15) is 44.6 Å². The van der Waals surface area contributed by atoms with Gasteiger partial charge in [0.05, 0.1) is 17.4 Å². The molecule has 1 aliphatic carbocycles. The van der Waals surface area contributed by atoms with Crippen LogP contribution in [-0.4, -0.2) is 44.6 Å². The first-order chi connectivity index (χ1) is 19.0. The molecule has 1 saturated heterocycles. The van der Waals surface area contributed by atoms with Gasteiger partial charge in [-0.25, -0.2) is 19.3 Å². The van der Waals surface area contributed by atoms with Gasteiger partial charge in [0.2, 0.25) is 0 Å². The van der Waals surface area contributed by atoms with E-state index in [0.717, 1.165) is 53.7 Å². The van der Waals surface area contributed by atoms with E-state index < -0.39 is 0 Å². The third kappa shape index (κ3) is 4.42. The number of fused-ring (bicyclic) bond motifs is 2. The van der Waals surface area contributed by atoms with Crippen molar-refractivity contribution in [1.82, 2.24) is 30.2 Å². The van der Waals surface area contributed by atoms with Crippen LogP contribution >= 0.6 is 0 Å². The topological polar surface area (TPSA) is 91.4 Å². The highest BCUT2D eigenvalue weighted by Gasteiger charge is 2.33. The Morgan fingerprint density at radius 2 is 1.92 bits per heavy atom. The molecule has 1 saturated carbocycles. The number of piperidine rings is 1. The lowest BCUT2D eigenvalue weighted by Gasteiger charge is -2.39. The zero-order chi connectivity index (χ0) is 26.6. The SMILES string of the molecule is CC1(C)CNCCC1CNc1nc(-c2ccnc3[nH]c(-c4ccccc4F)cc23)nc2cncc(C3CC3)c12. The number of hydrogen-bond donors (Lipinski definition) is 3. The summed E-state index contributed by atoms with van der Waals surface area (Å²) in [6.45, 7) is 7.57. The number of aromatic amines is 1. The largest absolute Gasteiger partial charge is 0.369 e. The van der Waals surface area contributed by atoms with Crippen LogP contribution in [0.4, 0.5) is 10.2 Å². The average Bonchev–Trinajstić information content (AvgIpc) is 3.69. The maximum Gasteiger partial charge on any atom is 0.163 e. The number of benzene rings is 1. The number of aromatic nitrogens is 5. The van der Waals surface area contributed by atoms with Crippen LogP contribution in [0.15, 0.2) is 55.0 Å². The molecule has 5 heterocycles.